The van der Waals surface area contributed by atoms with Crippen LogP contribution in [0.25, 0.3) is 0 Å². The van der Waals surface area contributed by atoms with Gasteiger partial charge >= 0.3 is 5.97 Å². The number of esters is 1. The molecular formula is C9H7ClF2INO2. The van der Waals surface area contributed by atoms with Crippen LogP contribution in [-0.2, 0) is 10.6 Å². The van der Waals surface area contributed by atoms with E-state index in [9.17, 15) is 13.6 Å². The molecule has 0 saturated heterocycles. The molecule has 1 aromatic heterocycles. The molecule has 0 unspecified atom stereocenters. The molecule has 7 heteroatoms. The highest BCUT2D eigenvalue weighted by Crippen LogP contribution is 2.28. The van der Waals surface area contributed by atoms with E-state index in [2.05, 4.69) is 9.72 Å². The number of aromatic nitrogens is 1. The Morgan fingerprint density at radius 3 is 2.75 bits per heavy atom. The predicted molar refractivity (Wildman–Crippen MR) is 62.8 cm³/mol. The van der Waals surface area contributed by atoms with Crippen LogP contribution in [0.2, 0.25) is 0 Å². The van der Waals surface area contributed by atoms with Crippen LogP contribution in [0.1, 0.15) is 28.0 Å². The van der Waals surface area contributed by atoms with Crippen molar-refractivity contribution in [2.24, 2.45) is 0 Å². The first kappa shape index (κ1) is 13.6. The van der Waals surface area contributed by atoms with Gasteiger partial charge in [-0.25, -0.2) is 13.6 Å². The van der Waals surface area contributed by atoms with E-state index in [1.807, 2.05) is 0 Å². The van der Waals surface area contributed by atoms with E-state index in [0.29, 0.717) is 0 Å². The Balaban J connectivity index is 3.40. The van der Waals surface area contributed by atoms with E-state index in [4.69, 9.17) is 11.6 Å². The first-order valence-corrected chi connectivity index (χ1v) is 5.74. The van der Waals surface area contributed by atoms with Crippen LogP contribution in [0.4, 0.5) is 8.78 Å². The third-order valence-electron chi connectivity index (χ3n) is 1.87. The maximum atomic E-state index is 12.6. The topological polar surface area (TPSA) is 39.2 Å². The normalized spacial score (nSPS) is 10.6. The lowest BCUT2D eigenvalue weighted by atomic mass is 10.1. The number of pyridine rings is 1. The first-order chi connectivity index (χ1) is 7.52. The molecule has 0 fully saturated rings. The highest BCUT2D eigenvalue weighted by Gasteiger charge is 2.23. The lowest BCUT2D eigenvalue weighted by molar-refractivity contribution is 0.0597. The van der Waals surface area contributed by atoms with Crippen molar-refractivity contribution in [2.75, 3.05) is 7.11 Å². The number of alkyl halides is 3. The average molecular weight is 362 g/mol. The fraction of sp³-hybridized carbons (Fsp3) is 0.333. The molecule has 0 amide bonds. The summed E-state index contributed by atoms with van der Waals surface area (Å²) in [7, 11) is 1.17. The number of nitrogens with zero attached hydrogens (tertiary/aromatic N) is 1. The minimum Gasteiger partial charge on any atom is -0.465 e. The highest BCUT2D eigenvalue weighted by molar-refractivity contribution is 14.1. The third kappa shape index (κ3) is 2.60. The van der Waals surface area contributed by atoms with Gasteiger partial charge in [0.15, 0.2) is 0 Å². The Morgan fingerprint density at radius 2 is 2.31 bits per heavy atom. The SMILES string of the molecule is COC(=O)c1c(CCl)ncc(C(F)F)c1I. The van der Waals surface area contributed by atoms with Crippen LogP contribution in [0.15, 0.2) is 6.20 Å². The summed E-state index contributed by atoms with van der Waals surface area (Å²) in [6.45, 7) is 0. The second-order valence-electron chi connectivity index (χ2n) is 2.78. The summed E-state index contributed by atoms with van der Waals surface area (Å²) in [6, 6.07) is 0. The monoisotopic (exact) mass is 361 g/mol. The van der Waals surface area contributed by atoms with Gasteiger partial charge in [0.2, 0.25) is 0 Å². The molecule has 0 bridgehead atoms. The van der Waals surface area contributed by atoms with Gasteiger partial charge in [0, 0.05) is 9.77 Å². The van der Waals surface area contributed by atoms with Gasteiger partial charge in [-0.15, -0.1) is 11.6 Å². The van der Waals surface area contributed by atoms with Crippen molar-refractivity contribution >= 4 is 40.2 Å². The van der Waals surface area contributed by atoms with E-state index in [1.165, 1.54) is 7.11 Å². The van der Waals surface area contributed by atoms with Gasteiger partial charge in [0.25, 0.3) is 6.43 Å². The van der Waals surface area contributed by atoms with Gasteiger partial charge in [0.05, 0.1) is 29.8 Å². The zero-order valence-corrected chi connectivity index (χ0v) is 11.1. The fourth-order valence-electron chi connectivity index (χ4n) is 1.10. The van der Waals surface area contributed by atoms with Crippen molar-refractivity contribution in [3.05, 3.63) is 26.6 Å². The highest BCUT2D eigenvalue weighted by atomic mass is 127. The van der Waals surface area contributed by atoms with Gasteiger partial charge in [-0.1, -0.05) is 0 Å². The lowest BCUT2D eigenvalue weighted by Crippen LogP contribution is -2.11. The molecule has 0 radical (unpaired) electrons. The number of ether oxygens (including phenoxy) is 1. The zero-order valence-electron chi connectivity index (χ0n) is 8.14. The van der Waals surface area contributed by atoms with Gasteiger partial charge in [0.1, 0.15) is 0 Å². The molecule has 0 atom stereocenters. The molecule has 0 spiro atoms. The summed E-state index contributed by atoms with van der Waals surface area (Å²) in [4.78, 5) is 15.1. The maximum Gasteiger partial charge on any atom is 0.340 e. The van der Waals surface area contributed by atoms with Crippen molar-refractivity contribution in [3.8, 4) is 0 Å². The molecular weight excluding hydrogens is 354 g/mol. The number of hydrogen-bond acceptors (Lipinski definition) is 3. The van der Waals surface area contributed by atoms with Crippen molar-refractivity contribution in [2.45, 2.75) is 12.3 Å². The van der Waals surface area contributed by atoms with Crippen molar-refractivity contribution < 1.29 is 18.3 Å². The summed E-state index contributed by atoms with van der Waals surface area (Å²) >= 11 is 7.24. The molecule has 0 aliphatic heterocycles. The summed E-state index contributed by atoms with van der Waals surface area (Å²) in [6.07, 6.45) is -1.66. The van der Waals surface area contributed by atoms with Crippen LogP contribution in [0.5, 0.6) is 0 Å². The molecule has 88 valence electrons. The average Bonchev–Trinajstić information content (AvgIpc) is 2.26. The van der Waals surface area contributed by atoms with Crippen LogP contribution in [-0.4, -0.2) is 18.1 Å². The smallest absolute Gasteiger partial charge is 0.340 e. The number of carbonyl (C=O) groups is 1. The molecule has 16 heavy (non-hydrogen) atoms. The van der Waals surface area contributed by atoms with E-state index >= 15 is 0 Å². The van der Waals surface area contributed by atoms with Crippen molar-refractivity contribution in [1.29, 1.82) is 0 Å². The Morgan fingerprint density at radius 1 is 1.69 bits per heavy atom. The molecule has 0 N–H and O–H groups in total. The second kappa shape index (κ2) is 5.72. The zero-order chi connectivity index (χ0) is 12.3. The Labute approximate surface area is 109 Å². The molecule has 0 aliphatic carbocycles. The van der Waals surface area contributed by atoms with Crippen LogP contribution < -0.4 is 0 Å². The number of carbonyl (C=O) groups excluding carboxylic acids is 1. The molecule has 0 saturated carbocycles. The van der Waals surface area contributed by atoms with Gasteiger partial charge < -0.3 is 4.74 Å². The number of rotatable bonds is 3. The number of hydrogen-bond donors (Lipinski definition) is 0. The minimum atomic E-state index is -2.69. The molecule has 3 nitrogen and oxygen atoms in total. The van der Waals surface area contributed by atoms with E-state index in [0.717, 1.165) is 6.20 Å². The lowest BCUT2D eigenvalue weighted by Gasteiger charge is -2.10. The molecule has 1 heterocycles. The quantitative estimate of drug-likeness (QED) is 0.472. The molecule has 0 aromatic carbocycles. The van der Waals surface area contributed by atoms with Gasteiger partial charge in [-0.2, -0.15) is 0 Å². The first-order valence-electron chi connectivity index (χ1n) is 4.12. The number of halogens is 4. The largest absolute Gasteiger partial charge is 0.465 e. The Kier molecular flexibility index (Phi) is 4.85. The molecule has 0 aliphatic rings. The Hall–Kier alpha value is -0.500. The van der Waals surface area contributed by atoms with Gasteiger partial charge in [-0.3, -0.25) is 4.98 Å². The van der Waals surface area contributed by atoms with E-state index < -0.39 is 12.4 Å². The predicted octanol–water partition coefficient (Wildman–Crippen LogP) is 3.15. The fourth-order valence-corrected chi connectivity index (χ4v) is 2.21. The standard InChI is InChI=1S/C9H7ClF2INO2/c1-16-9(15)6-5(2-10)14-3-4(7(6)13)8(11)12/h3,8H,2H2,1H3. The van der Waals surface area contributed by atoms with Crippen molar-refractivity contribution in [1.82, 2.24) is 4.98 Å². The van der Waals surface area contributed by atoms with Crippen LogP contribution in [0.3, 0.4) is 0 Å². The second-order valence-corrected chi connectivity index (χ2v) is 4.12. The summed E-state index contributed by atoms with van der Waals surface area (Å²) < 4.78 is 29.8. The maximum absolute atomic E-state index is 12.6. The third-order valence-corrected chi connectivity index (χ3v) is 3.29. The summed E-state index contributed by atoms with van der Waals surface area (Å²) in [5, 5.41) is 0. The Bertz CT molecular complexity index is 415. The summed E-state index contributed by atoms with van der Waals surface area (Å²) in [5.74, 6) is -0.751. The van der Waals surface area contributed by atoms with Gasteiger partial charge in [-0.05, 0) is 22.6 Å². The molecule has 1 aromatic rings. The van der Waals surface area contributed by atoms with E-state index in [-0.39, 0.29) is 26.3 Å². The van der Waals surface area contributed by atoms with Crippen molar-refractivity contribution in [3.63, 3.8) is 0 Å². The summed E-state index contributed by atoms with van der Waals surface area (Å²) in [5.41, 5.74) is -0.0481. The molecule has 1 rings (SSSR count). The van der Waals surface area contributed by atoms with Crippen LogP contribution >= 0.6 is 34.2 Å². The number of methoxy groups -OCH3 is 1. The minimum absolute atomic E-state index is 0.0101. The van der Waals surface area contributed by atoms with E-state index in [1.54, 1.807) is 22.6 Å². The van der Waals surface area contributed by atoms with Crippen LogP contribution in [0, 0.1) is 3.57 Å².